The molecule has 1 fully saturated rings. The fourth-order valence-corrected chi connectivity index (χ4v) is 4.12. The summed E-state index contributed by atoms with van der Waals surface area (Å²) in [6, 6.07) is 13.1. The fraction of sp³-hybridized carbons (Fsp3) is 0.346. The van der Waals surface area contributed by atoms with Crippen LogP contribution in [0.4, 0.5) is 10.3 Å². The van der Waals surface area contributed by atoms with Gasteiger partial charge in [-0.05, 0) is 42.7 Å². The van der Waals surface area contributed by atoms with E-state index in [2.05, 4.69) is 0 Å². The zero-order valence-electron chi connectivity index (χ0n) is 19.7. The van der Waals surface area contributed by atoms with Crippen LogP contribution < -0.4 is 15.2 Å². The van der Waals surface area contributed by atoms with Crippen LogP contribution in [-0.4, -0.2) is 54.2 Å². The Hall–Kier alpha value is -3.74. The minimum atomic E-state index is -0.678. The van der Waals surface area contributed by atoms with Gasteiger partial charge in [-0.25, -0.2) is 9.37 Å². The van der Waals surface area contributed by atoms with E-state index in [0.717, 1.165) is 0 Å². The second-order valence-electron chi connectivity index (χ2n) is 8.39. The van der Waals surface area contributed by atoms with Gasteiger partial charge in [0.2, 0.25) is 5.95 Å². The van der Waals surface area contributed by atoms with E-state index >= 15 is 0 Å². The second-order valence-corrected chi connectivity index (χ2v) is 8.39. The first-order valence-electron chi connectivity index (χ1n) is 11.4. The van der Waals surface area contributed by atoms with Gasteiger partial charge < -0.3 is 19.5 Å². The van der Waals surface area contributed by atoms with Crippen LogP contribution in [0, 0.1) is 17.1 Å². The quantitative estimate of drug-likeness (QED) is 0.521. The molecule has 1 aromatic heterocycles. The summed E-state index contributed by atoms with van der Waals surface area (Å²) in [5.74, 6) is 0.401. The smallest absolute Gasteiger partial charge is 0.263 e. The molecule has 1 saturated heterocycles. The molecule has 8 nitrogen and oxygen atoms in total. The summed E-state index contributed by atoms with van der Waals surface area (Å²) in [6.07, 6.45) is 0.769. The SMILES string of the molecule is COCCOc1ccc(-c2c(-c3ccc(C#N)c(F)c3)nc(N3CCC(O)CC3)n(C)c2=O)cc1. The number of nitriles is 1. The number of aliphatic hydroxyl groups excluding tert-OH is 1. The molecule has 2 aromatic carbocycles. The van der Waals surface area contributed by atoms with E-state index < -0.39 is 5.82 Å². The molecule has 0 unspecified atom stereocenters. The van der Waals surface area contributed by atoms with Gasteiger partial charge in [0.25, 0.3) is 5.56 Å². The summed E-state index contributed by atoms with van der Waals surface area (Å²) in [4.78, 5) is 20.4. The van der Waals surface area contributed by atoms with Crippen molar-refractivity contribution >= 4 is 5.95 Å². The fourth-order valence-electron chi connectivity index (χ4n) is 4.12. The highest BCUT2D eigenvalue weighted by Crippen LogP contribution is 2.32. The van der Waals surface area contributed by atoms with Gasteiger partial charge >= 0.3 is 0 Å². The van der Waals surface area contributed by atoms with E-state index in [-0.39, 0.29) is 17.2 Å². The van der Waals surface area contributed by atoms with Crippen LogP contribution in [0.5, 0.6) is 5.75 Å². The van der Waals surface area contributed by atoms with E-state index in [1.807, 2.05) is 11.0 Å². The van der Waals surface area contributed by atoms with Crippen LogP contribution in [0.3, 0.4) is 0 Å². The first kappa shape index (κ1) is 24.4. The first-order chi connectivity index (χ1) is 16.9. The van der Waals surface area contributed by atoms with Crippen LogP contribution in [0.1, 0.15) is 18.4 Å². The molecule has 4 rings (SSSR count). The Morgan fingerprint density at radius 2 is 1.83 bits per heavy atom. The number of benzene rings is 2. The number of methoxy groups -OCH3 is 1. The van der Waals surface area contributed by atoms with Crippen molar-refractivity contribution in [3.05, 3.63) is 64.2 Å². The lowest BCUT2D eigenvalue weighted by atomic mass is 9.99. The Balaban J connectivity index is 1.83. The molecule has 0 radical (unpaired) electrons. The number of halogens is 1. The number of hydrogen-bond acceptors (Lipinski definition) is 7. The highest BCUT2D eigenvalue weighted by Gasteiger charge is 2.25. The van der Waals surface area contributed by atoms with Crippen molar-refractivity contribution in [2.75, 3.05) is 38.3 Å². The van der Waals surface area contributed by atoms with E-state index in [0.29, 0.717) is 73.2 Å². The Bertz CT molecular complexity index is 1290. The lowest BCUT2D eigenvalue weighted by Crippen LogP contribution is -2.40. The molecule has 1 aliphatic heterocycles. The lowest BCUT2D eigenvalue weighted by Gasteiger charge is -2.32. The Morgan fingerprint density at radius 3 is 2.46 bits per heavy atom. The van der Waals surface area contributed by atoms with Crippen molar-refractivity contribution in [1.82, 2.24) is 9.55 Å². The summed E-state index contributed by atoms with van der Waals surface area (Å²) in [7, 11) is 3.25. The van der Waals surface area contributed by atoms with Gasteiger partial charge in [0.05, 0.1) is 29.5 Å². The molecule has 9 heteroatoms. The third kappa shape index (κ3) is 5.19. The molecule has 0 saturated carbocycles. The highest BCUT2D eigenvalue weighted by atomic mass is 19.1. The summed E-state index contributed by atoms with van der Waals surface area (Å²) in [5, 5.41) is 19.0. The number of rotatable bonds is 7. The van der Waals surface area contributed by atoms with Gasteiger partial charge in [0.1, 0.15) is 24.2 Å². The number of piperidine rings is 1. The maximum Gasteiger partial charge on any atom is 0.263 e. The van der Waals surface area contributed by atoms with E-state index in [1.54, 1.807) is 44.5 Å². The summed E-state index contributed by atoms with van der Waals surface area (Å²) in [5.41, 5.74) is 1.29. The van der Waals surface area contributed by atoms with Crippen LogP contribution in [0.2, 0.25) is 0 Å². The molecule has 0 atom stereocenters. The number of anilines is 1. The topological polar surface area (TPSA) is 101 Å². The molecule has 1 aliphatic rings. The lowest BCUT2D eigenvalue weighted by molar-refractivity contribution is 0.145. The Morgan fingerprint density at radius 1 is 1.14 bits per heavy atom. The number of hydrogen-bond donors (Lipinski definition) is 1. The van der Waals surface area contributed by atoms with Crippen molar-refractivity contribution in [3.63, 3.8) is 0 Å². The summed E-state index contributed by atoms with van der Waals surface area (Å²) >= 11 is 0. The Labute approximate surface area is 202 Å². The largest absolute Gasteiger partial charge is 0.491 e. The van der Waals surface area contributed by atoms with Crippen molar-refractivity contribution in [3.8, 4) is 34.2 Å². The molecule has 182 valence electrons. The summed E-state index contributed by atoms with van der Waals surface area (Å²) in [6.45, 7) is 1.95. The molecule has 1 N–H and O–H groups in total. The van der Waals surface area contributed by atoms with Crippen LogP contribution in [0.25, 0.3) is 22.4 Å². The molecule has 0 amide bonds. The van der Waals surface area contributed by atoms with Gasteiger partial charge in [-0.1, -0.05) is 18.2 Å². The molecule has 3 aromatic rings. The molecule has 0 aliphatic carbocycles. The normalized spacial score (nSPS) is 14.1. The van der Waals surface area contributed by atoms with Crippen molar-refractivity contribution in [2.45, 2.75) is 18.9 Å². The molecular formula is C26H27FN4O4. The second kappa shape index (κ2) is 10.7. The van der Waals surface area contributed by atoms with Gasteiger partial charge in [0.15, 0.2) is 0 Å². The minimum absolute atomic E-state index is 0.0815. The van der Waals surface area contributed by atoms with Crippen LogP contribution >= 0.6 is 0 Å². The first-order valence-corrected chi connectivity index (χ1v) is 11.4. The molecule has 35 heavy (non-hydrogen) atoms. The van der Waals surface area contributed by atoms with Gasteiger partial charge in [-0.3, -0.25) is 9.36 Å². The van der Waals surface area contributed by atoms with Gasteiger partial charge in [-0.2, -0.15) is 5.26 Å². The van der Waals surface area contributed by atoms with Crippen LogP contribution in [0.15, 0.2) is 47.3 Å². The van der Waals surface area contributed by atoms with Crippen molar-refractivity contribution in [2.24, 2.45) is 7.05 Å². The van der Waals surface area contributed by atoms with E-state index in [9.17, 15) is 14.3 Å². The Kier molecular flexibility index (Phi) is 7.44. The third-order valence-corrected chi connectivity index (χ3v) is 6.08. The summed E-state index contributed by atoms with van der Waals surface area (Å²) < 4.78 is 26.7. The van der Waals surface area contributed by atoms with Crippen molar-refractivity contribution < 1.29 is 19.0 Å². The number of aromatic nitrogens is 2. The van der Waals surface area contributed by atoms with E-state index in [4.69, 9.17) is 19.7 Å². The van der Waals surface area contributed by atoms with Crippen molar-refractivity contribution in [1.29, 1.82) is 5.26 Å². The number of nitrogens with zero attached hydrogens (tertiary/aromatic N) is 4. The highest BCUT2D eigenvalue weighted by molar-refractivity contribution is 5.81. The minimum Gasteiger partial charge on any atom is -0.491 e. The average molecular weight is 479 g/mol. The monoisotopic (exact) mass is 478 g/mol. The predicted octanol–water partition coefficient (Wildman–Crippen LogP) is 3.11. The third-order valence-electron chi connectivity index (χ3n) is 6.08. The molecule has 0 spiro atoms. The zero-order valence-corrected chi connectivity index (χ0v) is 19.7. The van der Waals surface area contributed by atoms with Gasteiger partial charge in [0, 0.05) is 32.8 Å². The molecule has 2 heterocycles. The molecular weight excluding hydrogens is 451 g/mol. The zero-order chi connectivity index (χ0) is 24.9. The number of ether oxygens (including phenoxy) is 2. The average Bonchev–Trinajstić information content (AvgIpc) is 2.87. The predicted molar refractivity (Wildman–Crippen MR) is 130 cm³/mol. The van der Waals surface area contributed by atoms with Crippen LogP contribution in [-0.2, 0) is 11.8 Å². The standard InChI is InChI=1S/C26H27FN4O4/c1-30-25(33)23(17-5-7-21(8-6-17)35-14-13-34-2)24(18-3-4-19(16-28)22(27)15-18)29-26(30)31-11-9-20(32)10-12-31/h3-8,15,20,32H,9-14H2,1-2H3. The van der Waals surface area contributed by atoms with E-state index in [1.165, 1.54) is 16.7 Å². The molecule has 0 bridgehead atoms. The number of aliphatic hydroxyl groups is 1. The van der Waals surface area contributed by atoms with Gasteiger partial charge in [-0.15, -0.1) is 0 Å². The maximum atomic E-state index is 14.6. The maximum absolute atomic E-state index is 14.6.